The van der Waals surface area contributed by atoms with Crippen molar-refractivity contribution in [1.29, 1.82) is 0 Å². The van der Waals surface area contributed by atoms with Crippen molar-refractivity contribution in [3.63, 3.8) is 0 Å². The van der Waals surface area contributed by atoms with E-state index in [0.717, 1.165) is 30.8 Å². The minimum atomic E-state index is -0.0279. The van der Waals surface area contributed by atoms with Gasteiger partial charge in [0.1, 0.15) is 5.76 Å². The lowest BCUT2D eigenvalue weighted by Gasteiger charge is -2.37. The van der Waals surface area contributed by atoms with E-state index in [9.17, 15) is 4.79 Å². The van der Waals surface area contributed by atoms with Gasteiger partial charge in [0.15, 0.2) is 5.69 Å². The molecule has 1 saturated heterocycles. The van der Waals surface area contributed by atoms with Gasteiger partial charge in [-0.3, -0.25) is 4.79 Å². The molecule has 1 aliphatic rings. The van der Waals surface area contributed by atoms with Crippen LogP contribution in [0.4, 0.5) is 5.69 Å². The van der Waals surface area contributed by atoms with Crippen LogP contribution in [-0.2, 0) is 0 Å². The number of piperidine rings is 1. The van der Waals surface area contributed by atoms with E-state index in [4.69, 9.17) is 4.42 Å². The van der Waals surface area contributed by atoms with Crippen LogP contribution < -0.4 is 4.90 Å². The molecule has 0 bridgehead atoms. The first-order valence-electron chi connectivity index (χ1n) is 9.22. The van der Waals surface area contributed by atoms with Crippen LogP contribution in [0.15, 0.2) is 52.3 Å². The first-order chi connectivity index (χ1) is 13.1. The second kappa shape index (κ2) is 7.56. The molecule has 1 amide bonds. The Morgan fingerprint density at radius 1 is 1.19 bits per heavy atom. The zero-order valence-electron chi connectivity index (χ0n) is 15.6. The Hall–Kier alpha value is -2.60. The summed E-state index contributed by atoms with van der Waals surface area (Å²) in [5.74, 6) is 1.09. The van der Waals surface area contributed by atoms with Gasteiger partial charge in [-0.05, 0) is 43.3 Å². The third-order valence-corrected chi connectivity index (χ3v) is 6.05. The van der Waals surface area contributed by atoms with Gasteiger partial charge in [-0.15, -0.1) is 11.3 Å². The van der Waals surface area contributed by atoms with Gasteiger partial charge < -0.3 is 14.2 Å². The number of carbonyl (C=O) groups is 1. The highest BCUT2D eigenvalue weighted by Crippen LogP contribution is 2.27. The molecule has 0 radical (unpaired) electrons. The molecule has 0 saturated carbocycles. The first kappa shape index (κ1) is 17.8. The zero-order chi connectivity index (χ0) is 18.8. The SMILES string of the molecule is Cc1oc(-c2cccs2)nc1C(=O)N1CCC(N(C)c2ccccc2)CC1. The standard InChI is InChI=1S/C21H23N3O2S/c1-15-19(22-20(26-15)18-9-6-14-27-18)21(25)24-12-10-17(11-13-24)23(2)16-7-4-3-5-8-16/h3-9,14,17H,10-13H2,1-2H3. The number of anilines is 1. The summed E-state index contributed by atoms with van der Waals surface area (Å²) in [5, 5.41) is 1.98. The van der Waals surface area contributed by atoms with Crippen molar-refractivity contribution in [2.24, 2.45) is 0 Å². The predicted octanol–water partition coefficient (Wildman–Crippen LogP) is 4.45. The number of hydrogen-bond acceptors (Lipinski definition) is 5. The number of carbonyl (C=O) groups excluding carboxylic acids is 1. The molecule has 1 aliphatic heterocycles. The van der Waals surface area contributed by atoms with E-state index >= 15 is 0 Å². The average Bonchev–Trinajstić information content (AvgIpc) is 3.37. The number of likely N-dealkylation sites (tertiary alicyclic amines) is 1. The van der Waals surface area contributed by atoms with Crippen molar-refractivity contribution in [2.75, 3.05) is 25.0 Å². The molecule has 3 aromatic rings. The lowest BCUT2D eigenvalue weighted by atomic mass is 10.0. The second-order valence-corrected chi connectivity index (χ2v) is 7.82. The lowest BCUT2D eigenvalue weighted by molar-refractivity contribution is 0.0706. The van der Waals surface area contributed by atoms with Gasteiger partial charge in [0, 0.05) is 31.9 Å². The molecule has 2 aromatic heterocycles. The largest absolute Gasteiger partial charge is 0.440 e. The normalized spacial score (nSPS) is 15.1. The van der Waals surface area contributed by atoms with E-state index in [0.29, 0.717) is 23.4 Å². The van der Waals surface area contributed by atoms with Crippen molar-refractivity contribution in [3.05, 3.63) is 59.3 Å². The third-order valence-electron chi connectivity index (χ3n) is 5.19. The highest BCUT2D eigenvalue weighted by atomic mass is 32.1. The molecule has 1 aromatic carbocycles. The van der Waals surface area contributed by atoms with Crippen LogP contribution in [0.1, 0.15) is 29.1 Å². The quantitative estimate of drug-likeness (QED) is 0.670. The Balaban J connectivity index is 1.42. The number of hydrogen-bond donors (Lipinski definition) is 0. The molecular weight excluding hydrogens is 358 g/mol. The summed E-state index contributed by atoms with van der Waals surface area (Å²) < 4.78 is 5.73. The molecule has 6 heteroatoms. The van der Waals surface area contributed by atoms with Crippen molar-refractivity contribution in [3.8, 4) is 10.8 Å². The number of thiophene rings is 1. The molecule has 3 heterocycles. The Bertz CT molecular complexity index is 897. The Labute approximate surface area is 163 Å². The van der Waals surface area contributed by atoms with Crippen LogP contribution in [0.25, 0.3) is 10.8 Å². The van der Waals surface area contributed by atoms with Crippen molar-refractivity contribution >= 4 is 22.9 Å². The summed E-state index contributed by atoms with van der Waals surface area (Å²) in [6, 6.07) is 14.8. The summed E-state index contributed by atoms with van der Waals surface area (Å²) in [6.45, 7) is 3.29. The maximum Gasteiger partial charge on any atom is 0.276 e. The van der Waals surface area contributed by atoms with Gasteiger partial charge in [-0.2, -0.15) is 0 Å². The molecule has 0 spiro atoms. The van der Waals surface area contributed by atoms with Crippen LogP contribution in [0.2, 0.25) is 0 Å². The molecule has 5 nitrogen and oxygen atoms in total. The summed E-state index contributed by atoms with van der Waals surface area (Å²) in [6.07, 6.45) is 1.90. The molecule has 27 heavy (non-hydrogen) atoms. The highest BCUT2D eigenvalue weighted by Gasteiger charge is 2.29. The fraction of sp³-hybridized carbons (Fsp3) is 0.333. The van der Waals surface area contributed by atoms with Gasteiger partial charge in [-0.1, -0.05) is 24.3 Å². The molecule has 0 aliphatic carbocycles. The smallest absolute Gasteiger partial charge is 0.276 e. The number of aromatic nitrogens is 1. The zero-order valence-corrected chi connectivity index (χ0v) is 16.4. The summed E-state index contributed by atoms with van der Waals surface area (Å²) in [4.78, 5) is 22.6. The third kappa shape index (κ3) is 3.62. The van der Waals surface area contributed by atoms with Gasteiger partial charge in [0.25, 0.3) is 5.91 Å². The minimum Gasteiger partial charge on any atom is -0.440 e. The number of rotatable bonds is 4. The Morgan fingerprint density at radius 3 is 2.59 bits per heavy atom. The van der Waals surface area contributed by atoms with Gasteiger partial charge >= 0.3 is 0 Å². The van der Waals surface area contributed by atoms with Crippen molar-refractivity contribution in [1.82, 2.24) is 9.88 Å². The van der Waals surface area contributed by atoms with Gasteiger partial charge in [-0.25, -0.2) is 4.98 Å². The highest BCUT2D eigenvalue weighted by molar-refractivity contribution is 7.13. The topological polar surface area (TPSA) is 49.6 Å². The number of benzene rings is 1. The second-order valence-electron chi connectivity index (χ2n) is 6.87. The Morgan fingerprint density at radius 2 is 1.93 bits per heavy atom. The van der Waals surface area contributed by atoms with Crippen LogP contribution in [0.5, 0.6) is 0 Å². The van der Waals surface area contributed by atoms with Crippen LogP contribution in [0.3, 0.4) is 0 Å². The van der Waals surface area contributed by atoms with Crippen LogP contribution in [0, 0.1) is 6.92 Å². The molecular formula is C21H23N3O2S. The first-order valence-corrected chi connectivity index (χ1v) is 10.1. The molecule has 1 fully saturated rings. The Kier molecular flexibility index (Phi) is 4.99. The van der Waals surface area contributed by atoms with E-state index in [2.05, 4.69) is 41.2 Å². The molecule has 0 unspecified atom stereocenters. The lowest BCUT2D eigenvalue weighted by Crippen LogP contribution is -2.45. The summed E-state index contributed by atoms with van der Waals surface area (Å²) in [7, 11) is 2.13. The predicted molar refractivity (Wildman–Crippen MR) is 108 cm³/mol. The number of oxazole rings is 1. The number of nitrogens with zero attached hydrogens (tertiary/aromatic N) is 3. The van der Waals surface area contributed by atoms with E-state index in [-0.39, 0.29) is 5.91 Å². The maximum atomic E-state index is 12.9. The molecule has 0 atom stereocenters. The molecule has 140 valence electrons. The average molecular weight is 382 g/mol. The van der Waals surface area contributed by atoms with Crippen LogP contribution >= 0.6 is 11.3 Å². The molecule has 0 N–H and O–H groups in total. The summed E-state index contributed by atoms with van der Waals surface area (Å²) in [5.41, 5.74) is 1.66. The van der Waals surface area contributed by atoms with E-state index in [1.165, 1.54) is 5.69 Å². The number of aryl methyl sites for hydroxylation is 1. The summed E-state index contributed by atoms with van der Waals surface area (Å²) >= 11 is 1.56. The number of para-hydroxylation sites is 1. The van der Waals surface area contributed by atoms with E-state index < -0.39 is 0 Å². The van der Waals surface area contributed by atoms with Gasteiger partial charge in [0.2, 0.25) is 5.89 Å². The van der Waals surface area contributed by atoms with Gasteiger partial charge in [0.05, 0.1) is 4.88 Å². The number of amides is 1. The monoisotopic (exact) mass is 381 g/mol. The fourth-order valence-electron chi connectivity index (χ4n) is 3.58. The van der Waals surface area contributed by atoms with E-state index in [1.807, 2.05) is 35.4 Å². The fourth-order valence-corrected chi connectivity index (χ4v) is 4.23. The molecule has 4 rings (SSSR count). The maximum absolute atomic E-state index is 12.9. The van der Waals surface area contributed by atoms with E-state index in [1.54, 1.807) is 11.3 Å². The van der Waals surface area contributed by atoms with Crippen LogP contribution in [-0.4, -0.2) is 42.0 Å². The van der Waals surface area contributed by atoms with Crippen molar-refractivity contribution in [2.45, 2.75) is 25.8 Å². The minimum absolute atomic E-state index is 0.0279. The van der Waals surface area contributed by atoms with Crippen molar-refractivity contribution < 1.29 is 9.21 Å².